The van der Waals surface area contributed by atoms with Gasteiger partial charge in [-0.05, 0) is 50.9 Å². The van der Waals surface area contributed by atoms with E-state index in [1.54, 1.807) is 0 Å². The maximum absolute atomic E-state index is 6.29. The van der Waals surface area contributed by atoms with Crippen LogP contribution in [0.5, 0.6) is 0 Å². The molecule has 0 spiro atoms. The Kier molecular flexibility index (Phi) is 6.06. The summed E-state index contributed by atoms with van der Waals surface area (Å²) in [5.74, 6) is 0.734. The van der Waals surface area contributed by atoms with Crippen LogP contribution in [0, 0.1) is 6.92 Å². The number of likely N-dealkylation sites (tertiary alicyclic amines) is 1. The van der Waals surface area contributed by atoms with Gasteiger partial charge >= 0.3 is 0 Å². The molecule has 1 atom stereocenters. The number of anilines is 1. The fraction of sp³-hybridized carbons (Fsp3) is 0.435. The zero-order valence-corrected chi connectivity index (χ0v) is 18.9. The largest absolute Gasteiger partial charge is 0.347 e. The first-order valence-corrected chi connectivity index (χ1v) is 10.9. The molecule has 1 aliphatic rings. The van der Waals surface area contributed by atoms with Crippen LogP contribution in [-0.2, 0) is 13.1 Å². The molecule has 0 saturated carbocycles. The van der Waals surface area contributed by atoms with Crippen molar-refractivity contribution in [1.82, 2.24) is 24.6 Å². The van der Waals surface area contributed by atoms with E-state index in [4.69, 9.17) is 16.6 Å². The summed E-state index contributed by atoms with van der Waals surface area (Å²) in [7, 11) is 3.96. The number of aromatic nitrogens is 4. The van der Waals surface area contributed by atoms with Gasteiger partial charge in [-0.2, -0.15) is 5.10 Å². The minimum absolute atomic E-state index is 0.241. The highest BCUT2D eigenvalue weighted by Gasteiger charge is 2.31. The van der Waals surface area contributed by atoms with Crippen molar-refractivity contribution in [2.24, 2.45) is 0 Å². The molecule has 0 aliphatic carbocycles. The van der Waals surface area contributed by atoms with E-state index < -0.39 is 0 Å². The topological polar surface area (TPSA) is 50.1 Å². The summed E-state index contributed by atoms with van der Waals surface area (Å²) in [6, 6.07) is 8.20. The van der Waals surface area contributed by atoms with Crippen LogP contribution in [0.25, 0.3) is 11.1 Å². The van der Waals surface area contributed by atoms with Gasteiger partial charge in [0.05, 0.1) is 17.9 Å². The van der Waals surface area contributed by atoms with E-state index in [1.807, 2.05) is 49.6 Å². The number of aryl methyl sites for hydroxylation is 1. The van der Waals surface area contributed by atoms with E-state index in [0.29, 0.717) is 0 Å². The second-order valence-corrected chi connectivity index (χ2v) is 8.51. The van der Waals surface area contributed by atoms with Crippen LogP contribution in [0.1, 0.15) is 42.8 Å². The molecule has 0 radical (unpaired) electrons. The molecule has 2 aromatic heterocycles. The molecule has 30 heavy (non-hydrogen) atoms. The van der Waals surface area contributed by atoms with E-state index in [0.717, 1.165) is 60.3 Å². The summed E-state index contributed by atoms with van der Waals surface area (Å²) >= 11 is 6.29. The van der Waals surface area contributed by atoms with Crippen LogP contribution in [0.4, 0.5) is 5.95 Å². The molecule has 0 N–H and O–H groups in total. The first kappa shape index (κ1) is 20.8. The third-order valence-corrected chi connectivity index (χ3v) is 6.13. The van der Waals surface area contributed by atoms with Crippen molar-refractivity contribution in [2.45, 2.75) is 45.8 Å². The molecule has 1 aliphatic heterocycles. The van der Waals surface area contributed by atoms with Gasteiger partial charge in [-0.3, -0.25) is 9.58 Å². The highest BCUT2D eigenvalue weighted by Crippen LogP contribution is 2.38. The summed E-state index contributed by atoms with van der Waals surface area (Å²) in [5, 5.41) is 5.25. The highest BCUT2D eigenvalue weighted by atomic mass is 35.5. The van der Waals surface area contributed by atoms with Crippen molar-refractivity contribution < 1.29 is 0 Å². The van der Waals surface area contributed by atoms with Crippen molar-refractivity contribution in [1.29, 1.82) is 0 Å². The predicted octanol–water partition coefficient (Wildman–Crippen LogP) is 4.72. The molecule has 7 heteroatoms. The van der Waals surface area contributed by atoms with Crippen molar-refractivity contribution in [3.05, 3.63) is 58.6 Å². The number of hydrogen-bond donors (Lipinski definition) is 0. The first-order valence-electron chi connectivity index (χ1n) is 10.5. The van der Waals surface area contributed by atoms with E-state index >= 15 is 0 Å². The second-order valence-electron chi connectivity index (χ2n) is 8.07. The average molecular weight is 425 g/mol. The van der Waals surface area contributed by atoms with Gasteiger partial charge in [0.25, 0.3) is 0 Å². The van der Waals surface area contributed by atoms with Gasteiger partial charge in [-0.1, -0.05) is 23.7 Å². The smallest absolute Gasteiger partial charge is 0.225 e. The van der Waals surface area contributed by atoms with Gasteiger partial charge in [-0.15, -0.1) is 0 Å². The summed E-state index contributed by atoms with van der Waals surface area (Å²) in [6.45, 7) is 7.11. The Morgan fingerprint density at radius 3 is 2.77 bits per heavy atom. The van der Waals surface area contributed by atoms with E-state index in [-0.39, 0.29) is 6.04 Å². The molecular weight excluding hydrogens is 396 g/mol. The molecule has 4 rings (SSSR count). The Bertz CT molecular complexity index is 1030. The van der Waals surface area contributed by atoms with Crippen LogP contribution in [-0.4, -0.2) is 45.3 Å². The van der Waals surface area contributed by atoms with Crippen molar-refractivity contribution >= 4 is 17.5 Å². The van der Waals surface area contributed by atoms with Crippen LogP contribution in [0.2, 0.25) is 5.02 Å². The van der Waals surface area contributed by atoms with Gasteiger partial charge < -0.3 is 4.90 Å². The molecule has 3 heterocycles. The summed E-state index contributed by atoms with van der Waals surface area (Å²) < 4.78 is 2.06. The molecule has 0 amide bonds. The molecule has 0 bridgehead atoms. The maximum atomic E-state index is 6.29. The van der Waals surface area contributed by atoms with Crippen LogP contribution in [0.3, 0.4) is 0 Å². The minimum atomic E-state index is 0.241. The number of benzene rings is 1. The van der Waals surface area contributed by atoms with Gasteiger partial charge in [0, 0.05) is 55.2 Å². The molecule has 1 aromatic carbocycles. The molecule has 1 saturated heterocycles. The first-order chi connectivity index (χ1) is 14.5. The third kappa shape index (κ3) is 4.07. The molecule has 1 unspecified atom stereocenters. The number of nitrogens with zero attached hydrogens (tertiary/aromatic N) is 6. The van der Waals surface area contributed by atoms with Gasteiger partial charge in [0.15, 0.2) is 0 Å². The van der Waals surface area contributed by atoms with Crippen LogP contribution < -0.4 is 4.90 Å². The zero-order valence-electron chi connectivity index (χ0n) is 18.1. The van der Waals surface area contributed by atoms with E-state index in [2.05, 4.69) is 39.6 Å². The van der Waals surface area contributed by atoms with E-state index in [1.165, 1.54) is 11.3 Å². The highest BCUT2D eigenvalue weighted by molar-refractivity contribution is 6.30. The summed E-state index contributed by atoms with van der Waals surface area (Å²) in [6.07, 6.45) is 6.19. The van der Waals surface area contributed by atoms with Gasteiger partial charge in [0.1, 0.15) is 0 Å². The van der Waals surface area contributed by atoms with Crippen molar-refractivity contribution in [3.63, 3.8) is 0 Å². The second kappa shape index (κ2) is 8.74. The molecular formula is C23H29ClN6. The Morgan fingerprint density at radius 2 is 2.07 bits per heavy atom. The lowest BCUT2D eigenvalue weighted by molar-refractivity contribution is 0.244. The lowest BCUT2D eigenvalue weighted by Gasteiger charge is -2.26. The summed E-state index contributed by atoms with van der Waals surface area (Å²) in [5.41, 5.74) is 5.73. The monoisotopic (exact) mass is 424 g/mol. The fourth-order valence-corrected chi connectivity index (χ4v) is 4.43. The number of rotatable bonds is 6. The van der Waals surface area contributed by atoms with Crippen LogP contribution >= 0.6 is 11.6 Å². The summed E-state index contributed by atoms with van der Waals surface area (Å²) in [4.78, 5) is 14.1. The van der Waals surface area contributed by atoms with E-state index in [9.17, 15) is 0 Å². The Labute approximate surface area is 183 Å². The fourth-order valence-electron chi connectivity index (χ4n) is 4.24. The standard InChI is InChI=1S/C23H29ClN6/c1-5-30-16(2)18(13-26-30)15-29-11-7-10-21(29)22-20(14-25-23(27-22)28(3)4)17-8-6-9-19(24)12-17/h6,8-9,12-14,21H,5,7,10-11,15H2,1-4H3. The van der Waals surface area contributed by atoms with Gasteiger partial charge in [0.2, 0.25) is 5.95 Å². The van der Waals surface area contributed by atoms with Crippen molar-refractivity contribution in [3.8, 4) is 11.1 Å². The predicted molar refractivity (Wildman–Crippen MR) is 122 cm³/mol. The minimum Gasteiger partial charge on any atom is -0.347 e. The van der Waals surface area contributed by atoms with Gasteiger partial charge in [-0.25, -0.2) is 9.97 Å². The van der Waals surface area contributed by atoms with Crippen molar-refractivity contribution in [2.75, 3.05) is 25.5 Å². The molecule has 6 nitrogen and oxygen atoms in total. The lowest BCUT2D eigenvalue weighted by atomic mass is 9.99. The zero-order chi connectivity index (χ0) is 21.3. The quantitative estimate of drug-likeness (QED) is 0.572. The molecule has 3 aromatic rings. The normalized spacial score (nSPS) is 16.9. The average Bonchev–Trinajstić information content (AvgIpc) is 3.34. The number of hydrogen-bond acceptors (Lipinski definition) is 5. The molecule has 1 fully saturated rings. The number of halogens is 1. The molecule has 158 valence electrons. The Morgan fingerprint density at radius 1 is 1.23 bits per heavy atom. The SMILES string of the molecule is CCn1ncc(CN2CCCC2c2nc(N(C)C)ncc2-c2cccc(Cl)c2)c1C. The third-order valence-electron chi connectivity index (χ3n) is 5.90. The maximum Gasteiger partial charge on any atom is 0.225 e. The lowest BCUT2D eigenvalue weighted by Crippen LogP contribution is -2.25. The van der Waals surface area contributed by atoms with Crippen LogP contribution in [0.15, 0.2) is 36.7 Å². The Balaban J connectivity index is 1.73. The Hall–Kier alpha value is -2.44.